The van der Waals surface area contributed by atoms with Crippen LogP contribution in [0.2, 0.25) is 0 Å². The molecule has 0 aromatic heterocycles. The van der Waals surface area contributed by atoms with E-state index in [1.165, 1.54) is 50.7 Å². The zero-order valence-corrected chi connectivity index (χ0v) is 21.4. The van der Waals surface area contributed by atoms with Gasteiger partial charge in [-0.05, 0) is 36.8 Å². The molecule has 4 fully saturated rings. The molecule has 4 aliphatic rings. The van der Waals surface area contributed by atoms with Crippen LogP contribution in [-0.2, 0) is 26.3 Å². The molecule has 0 spiro atoms. The van der Waals surface area contributed by atoms with E-state index in [1.807, 2.05) is 0 Å². The average molecular weight is 541 g/mol. The zero-order chi connectivity index (χ0) is 27.0. The average Bonchev–Trinajstić information content (AvgIpc) is 2.93. The largest absolute Gasteiger partial charge is 0.429 e. The normalized spacial score (nSPS) is 29.4. The maximum atomic E-state index is 14.7. The summed E-state index contributed by atoms with van der Waals surface area (Å²) in [6.45, 7) is 3.64. The molecule has 0 N–H and O–H groups in total. The molecule has 0 radical (unpaired) electrons. The van der Waals surface area contributed by atoms with Crippen molar-refractivity contribution in [3.8, 4) is 5.75 Å². The fraction of sp³-hybridized carbons (Fsp3) is 0.586. The molecule has 3 saturated heterocycles. The highest BCUT2D eigenvalue weighted by Gasteiger charge is 2.56. The third-order valence-corrected chi connectivity index (χ3v) is 8.36. The van der Waals surface area contributed by atoms with E-state index in [9.17, 15) is 22.0 Å². The maximum absolute atomic E-state index is 14.7. The molecular weight excluding hydrogens is 507 g/mol. The van der Waals surface area contributed by atoms with Crippen LogP contribution in [0.3, 0.4) is 0 Å². The van der Waals surface area contributed by atoms with Crippen molar-refractivity contribution in [3.05, 3.63) is 65.0 Å². The summed E-state index contributed by atoms with van der Waals surface area (Å²) in [5.74, 6) is -6.05. The van der Waals surface area contributed by atoms with Crippen molar-refractivity contribution in [1.29, 1.82) is 0 Å². The van der Waals surface area contributed by atoms with Gasteiger partial charge in [-0.3, -0.25) is 0 Å². The van der Waals surface area contributed by atoms with E-state index in [2.05, 4.69) is 11.7 Å². The molecule has 4 nitrogen and oxygen atoms in total. The first-order valence-electron chi connectivity index (χ1n) is 13.4. The molecule has 0 unspecified atom stereocenters. The second-order valence-electron chi connectivity index (χ2n) is 10.9. The monoisotopic (exact) mass is 540 g/mol. The smallest absolute Gasteiger partial charge is 0.426 e. The molecule has 3 heterocycles. The molecule has 6 rings (SSSR count). The lowest BCUT2D eigenvalue weighted by atomic mass is 9.66. The number of rotatable bonds is 9. The molecule has 3 aliphatic heterocycles. The van der Waals surface area contributed by atoms with Gasteiger partial charge in [-0.1, -0.05) is 57.6 Å². The van der Waals surface area contributed by atoms with Crippen molar-refractivity contribution < 1.29 is 40.9 Å². The fourth-order valence-electron chi connectivity index (χ4n) is 5.98. The minimum Gasteiger partial charge on any atom is -0.429 e. The molecular formula is C29H33F5O4. The Kier molecular flexibility index (Phi) is 7.73. The van der Waals surface area contributed by atoms with Crippen LogP contribution in [0.1, 0.15) is 69.4 Å². The van der Waals surface area contributed by atoms with Gasteiger partial charge in [-0.2, -0.15) is 8.78 Å². The van der Waals surface area contributed by atoms with Crippen LogP contribution in [0.4, 0.5) is 22.0 Å². The van der Waals surface area contributed by atoms with Gasteiger partial charge in [0.2, 0.25) is 0 Å². The predicted octanol–water partition coefficient (Wildman–Crippen LogP) is 7.79. The van der Waals surface area contributed by atoms with E-state index in [0.29, 0.717) is 43.4 Å². The van der Waals surface area contributed by atoms with Crippen LogP contribution in [0, 0.1) is 34.7 Å². The van der Waals surface area contributed by atoms with Crippen molar-refractivity contribution in [2.45, 2.75) is 70.4 Å². The third kappa shape index (κ3) is 5.29. The number of fused-ring (bicyclic) bond motifs is 3. The van der Waals surface area contributed by atoms with Crippen molar-refractivity contribution in [2.24, 2.45) is 17.3 Å². The van der Waals surface area contributed by atoms with Crippen LogP contribution in [0.25, 0.3) is 0 Å². The number of benzene rings is 2. The van der Waals surface area contributed by atoms with Crippen LogP contribution >= 0.6 is 0 Å². The highest BCUT2D eigenvalue weighted by atomic mass is 19.3. The molecule has 2 aromatic carbocycles. The highest BCUT2D eigenvalue weighted by Crippen LogP contribution is 2.52. The number of halogens is 5. The van der Waals surface area contributed by atoms with Crippen molar-refractivity contribution >= 4 is 0 Å². The predicted molar refractivity (Wildman–Crippen MR) is 129 cm³/mol. The van der Waals surface area contributed by atoms with Crippen LogP contribution < -0.4 is 4.74 Å². The molecule has 2 aromatic rings. The topological polar surface area (TPSA) is 36.9 Å². The number of hydrogen-bond donors (Lipinski definition) is 0. The van der Waals surface area contributed by atoms with Crippen LogP contribution in [-0.4, -0.2) is 19.8 Å². The van der Waals surface area contributed by atoms with Crippen LogP contribution in [0.5, 0.6) is 5.75 Å². The van der Waals surface area contributed by atoms with E-state index >= 15 is 0 Å². The lowest BCUT2D eigenvalue weighted by molar-refractivity contribution is -0.486. The van der Waals surface area contributed by atoms with Gasteiger partial charge in [0, 0.05) is 23.1 Å². The lowest BCUT2D eigenvalue weighted by Gasteiger charge is -2.55. The summed E-state index contributed by atoms with van der Waals surface area (Å²) in [7, 11) is 0. The SMILES string of the molecule is CCCCCC1CCC(C23COC(c4ccc(C(F)(F)Oc5cc(F)c(F)c(F)c5)cc4)(OC2)OC3)CC1. The Morgan fingerprint density at radius 2 is 1.45 bits per heavy atom. The first kappa shape index (κ1) is 27.3. The van der Waals surface area contributed by atoms with Crippen molar-refractivity contribution in [1.82, 2.24) is 0 Å². The van der Waals surface area contributed by atoms with Crippen LogP contribution in [0.15, 0.2) is 36.4 Å². The second-order valence-corrected chi connectivity index (χ2v) is 10.9. The standard InChI is InChI=1S/C29H33F5O4/c1-2-3-4-5-19-6-8-20(9-7-19)27-16-35-29(36-17-27,37-18-27)22-12-10-21(11-13-22)28(33,34)38-23-14-24(30)26(32)25(31)15-23/h10-15,19-20H,2-9,16-18H2,1H3. The summed E-state index contributed by atoms with van der Waals surface area (Å²) in [4.78, 5) is 0. The molecule has 1 saturated carbocycles. The Morgan fingerprint density at radius 3 is 2.00 bits per heavy atom. The van der Waals surface area contributed by atoms with E-state index < -0.39 is 40.8 Å². The van der Waals surface area contributed by atoms with Gasteiger partial charge >= 0.3 is 12.1 Å². The maximum Gasteiger partial charge on any atom is 0.426 e. The first-order chi connectivity index (χ1) is 18.2. The number of alkyl halides is 2. The van der Waals surface area contributed by atoms with E-state index in [-0.39, 0.29) is 5.41 Å². The quantitative estimate of drug-likeness (QED) is 0.185. The van der Waals surface area contributed by atoms with Gasteiger partial charge in [0.05, 0.1) is 25.4 Å². The second kappa shape index (κ2) is 10.7. The summed E-state index contributed by atoms with van der Waals surface area (Å²) in [5, 5.41) is 0. The Balaban J connectivity index is 1.20. The minimum atomic E-state index is -3.93. The van der Waals surface area contributed by atoms with E-state index in [0.717, 1.165) is 30.9 Å². The summed E-state index contributed by atoms with van der Waals surface area (Å²) in [6, 6.07) is 5.71. The molecule has 208 valence electrons. The Bertz CT molecular complexity index is 1070. The summed E-state index contributed by atoms with van der Waals surface area (Å²) < 4.78 is 92.1. The number of hydrogen-bond acceptors (Lipinski definition) is 4. The summed E-state index contributed by atoms with van der Waals surface area (Å²) in [6.07, 6.45) is 5.90. The van der Waals surface area contributed by atoms with E-state index in [4.69, 9.17) is 14.2 Å². The van der Waals surface area contributed by atoms with Crippen molar-refractivity contribution in [3.63, 3.8) is 0 Å². The molecule has 0 atom stereocenters. The molecule has 2 bridgehead atoms. The molecule has 1 aliphatic carbocycles. The summed E-state index contributed by atoms with van der Waals surface area (Å²) in [5.41, 5.74) is -0.347. The highest BCUT2D eigenvalue weighted by molar-refractivity contribution is 5.30. The molecule has 9 heteroatoms. The van der Waals surface area contributed by atoms with Gasteiger partial charge in [-0.15, -0.1) is 0 Å². The molecule has 0 amide bonds. The van der Waals surface area contributed by atoms with E-state index in [1.54, 1.807) is 0 Å². The van der Waals surface area contributed by atoms with Crippen molar-refractivity contribution in [2.75, 3.05) is 19.8 Å². The van der Waals surface area contributed by atoms with Gasteiger partial charge < -0.3 is 18.9 Å². The summed E-state index contributed by atoms with van der Waals surface area (Å²) >= 11 is 0. The van der Waals surface area contributed by atoms with Gasteiger partial charge in [0.15, 0.2) is 17.5 Å². The zero-order valence-electron chi connectivity index (χ0n) is 21.4. The number of unbranched alkanes of at least 4 members (excludes halogenated alkanes) is 2. The van der Waals surface area contributed by atoms with Gasteiger partial charge in [0.25, 0.3) is 0 Å². The van der Waals surface area contributed by atoms with Gasteiger partial charge in [0.1, 0.15) is 5.75 Å². The molecule has 38 heavy (non-hydrogen) atoms. The lowest BCUT2D eigenvalue weighted by Crippen LogP contribution is -2.61. The first-order valence-corrected chi connectivity index (χ1v) is 13.4. The third-order valence-electron chi connectivity index (χ3n) is 8.36. The minimum absolute atomic E-state index is 0.198. The fourth-order valence-corrected chi connectivity index (χ4v) is 5.98. The Morgan fingerprint density at radius 1 is 0.868 bits per heavy atom. The Labute approximate surface area is 219 Å². The number of ether oxygens (including phenoxy) is 4. The van der Waals surface area contributed by atoms with Gasteiger partial charge in [-0.25, -0.2) is 13.2 Å². The Hall–Kier alpha value is -2.23.